The van der Waals surface area contributed by atoms with Gasteiger partial charge in [-0.25, -0.2) is 0 Å². The van der Waals surface area contributed by atoms with Gasteiger partial charge in [0.05, 0.1) is 18.5 Å². The van der Waals surface area contributed by atoms with Crippen molar-refractivity contribution in [3.8, 4) is 0 Å². The molecule has 6 heteroatoms. The zero-order chi connectivity index (χ0) is 12.3. The molecule has 5 nitrogen and oxygen atoms in total. The minimum absolute atomic E-state index is 0.0526. The highest BCUT2D eigenvalue weighted by molar-refractivity contribution is 5.74. The zero-order valence-corrected chi connectivity index (χ0v) is 8.82. The number of ether oxygens (including phenoxy) is 1. The van der Waals surface area contributed by atoms with E-state index in [0.717, 1.165) is 6.07 Å². The number of rotatable bonds is 3. The average Bonchev–Trinajstić information content (AvgIpc) is 2.22. The Morgan fingerprint density at radius 2 is 2.19 bits per heavy atom. The van der Waals surface area contributed by atoms with E-state index in [1.54, 1.807) is 6.92 Å². The lowest BCUT2D eigenvalue weighted by molar-refractivity contribution is -0.388. The number of aryl methyl sites for hydroxylation is 1. The summed E-state index contributed by atoms with van der Waals surface area (Å²) in [5, 5.41) is 10.7. The number of methoxy groups -OCH3 is 1. The normalized spacial score (nSPS) is 9.94. The fourth-order valence-electron chi connectivity index (χ4n) is 1.35. The van der Waals surface area contributed by atoms with Crippen LogP contribution in [0.2, 0.25) is 0 Å². The Labute approximate surface area is 91.0 Å². The first kappa shape index (κ1) is 12.1. The van der Waals surface area contributed by atoms with Crippen molar-refractivity contribution < 1.29 is 18.8 Å². The van der Waals surface area contributed by atoms with Crippen molar-refractivity contribution in [1.82, 2.24) is 0 Å². The summed E-state index contributed by atoms with van der Waals surface area (Å²) in [4.78, 5) is 20.9. The van der Waals surface area contributed by atoms with E-state index in [9.17, 15) is 19.3 Å². The molecule has 1 aromatic rings. The number of benzene rings is 1. The van der Waals surface area contributed by atoms with Gasteiger partial charge in [0.25, 0.3) is 0 Å². The lowest BCUT2D eigenvalue weighted by atomic mass is 10.0. The molecule has 0 N–H and O–H groups in total. The van der Waals surface area contributed by atoms with E-state index < -0.39 is 22.4 Å². The zero-order valence-electron chi connectivity index (χ0n) is 8.82. The van der Waals surface area contributed by atoms with Crippen molar-refractivity contribution in [2.45, 2.75) is 13.3 Å². The van der Waals surface area contributed by atoms with Crippen LogP contribution < -0.4 is 0 Å². The molecule has 0 saturated carbocycles. The van der Waals surface area contributed by atoms with Gasteiger partial charge < -0.3 is 4.74 Å². The molecule has 0 unspecified atom stereocenters. The average molecular weight is 227 g/mol. The Balaban J connectivity index is 3.28. The summed E-state index contributed by atoms with van der Waals surface area (Å²) >= 11 is 0. The predicted octanol–water partition coefficient (Wildman–Crippen LogP) is 1.76. The number of hydrogen-bond donors (Lipinski definition) is 0. The van der Waals surface area contributed by atoms with E-state index in [1.165, 1.54) is 13.2 Å². The number of nitro groups is 1. The molecule has 0 aliphatic rings. The standard InChI is InChI=1S/C10H10FNO4/c1-6-3-4-8(11)10(12(14)15)7(6)5-9(13)16-2/h3-4H,5H2,1-2H3. The third-order valence-corrected chi connectivity index (χ3v) is 2.20. The first-order valence-corrected chi connectivity index (χ1v) is 4.46. The molecule has 0 bridgehead atoms. The van der Waals surface area contributed by atoms with Gasteiger partial charge in [-0.1, -0.05) is 6.07 Å². The number of carbonyl (C=O) groups is 1. The van der Waals surface area contributed by atoms with Gasteiger partial charge in [0.15, 0.2) is 0 Å². The van der Waals surface area contributed by atoms with Crippen LogP contribution >= 0.6 is 0 Å². The first-order valence-electron chi connectivity index (χ1n) is 4.46. The predicted molar refractivity (Wildman–Crippen MR) is 53.5 cm³/mol. The number of hydrogen-bond acceptors (Lipinski definition) is 4. The molecule has 0 amide bonds. The number of nitrogens with zero attached hydrogens (tertiary/aromatic N) is 1. The summed E-state index contributed by atoms with van der Waals surface area (Å²) in [6.45, 7) is 1.57. The third-order valence-electron chi connectivity index (χ3n) is 2.20. The number of esters is 1. The van der Waals surface area contributed by atoms with Gasteiger partial charge in [-0.05, 0) is 18.6 Å². The fraction of sp³-hybridized carbons (Fsp3) is 0.300. The molecular weight excluding hydrogens is 217 g/mol. The van der Waals surface area contributed by atoms with Crippen molar-refractivity contribution in [2.75, 3.05) is 7.11 Å². The maximum Gasteiger partial charge on any atom is 0.310 e. The maximum atomic E-state index is 13.2. The van der Waals surface area contributed by atoms with Crippen molar-refractivity contribution in [3.63, 3.8) is 0 Å². The van der Waals surface area contributed by atoms with Crippen LogP contribution in [-0.4, -0.2) is 18.0 Å². The van der Waals surface area contributed by atoms with Crippen LogP contribution in [-0.2, 0) is 16.0 Å². The van der Waals surface area contributed by atoms with E-state index in [0.29, 0.717) is 5.56 Å². The molecule has 0 aliphatic carbocycles. The van der Waals surface area contributed by atoms with E-state index in [-0.39, 0.29) is 12.0 Å². The second-order valence-corrected chi connectivity index (χ2v) is 3.20. The van der Waals surface area contributed by atoms with Gasteiger partial charge in [0, 0.05) is 5.56 Å². The molecule has 86 valence electrons. The van der Waals surface area contributed by atoms with Crippen LogP contribution in [0.4, 0.5) is 10.1 Å². The molecule has 0 spiro atoms. The highest BCUT2D eigenvalue weighted by Gasteiger charge is 2.23. The van der Waals surface area contributed by atoms with Gasteiger partial charge in [-0.15, -0.1) is 0 Å². The molecule has 0 heterocycles. The van der Waals surface area contributed by atoms with Gasteiger partial charge in [0.2, 0.25) is 5.82 Å². The van der Waals surface area contributed by atoms with E-state index in [4.69, 9.17) is 0 Å². The molecular formula is C10H10FNO4. The van der Waals surface area contributed by atoms with Crippen LogP contribution in [0.15, 0.2) is 12.1 Å². The number of carbonyl (C=O) groups excluding carboxylic acids is 1. The Bertz CT molecular complexity index is 445. The SMILES string of the molecule is COC(=O)Cc1c(C)ccc(F)c1[N+](=O)[O-]. The summed E-state index contributed by atoms with van der Waals surface area (Å²) < 4.78 is 17.6. The quantitative estimate of drug-likeness (QED) is 0.448. The molecule has 0 atom stereocenters. The highest BCUT2D eigenvalue weighted by Crippen LogP contribution is 2.26. The molecule has 1 rings (SSSR count). The summed E-state index contributed by atoms with van der Waals surface area (Å²) in [5.41, 5.74) is -0.124. The highest BCUT2D eigenvalue weighted by atomic mass is 19.1. The minimum atomic E-state index is -0.950. The monoisotopic (exact) mass is 227 g/mol. The molecule has 0 fully saturated rings. The van der Waals surface area contributed by atoms with Crippen molar-refractivity contribution >= 4 is 11.7 Å². The van der Waals surface area contributed by atoms with Gasteiger partial charge in [-0.2, -0.15) is 4.39 Å². The molecule has 0 aromatic heterocycles. The summed E-state index contributed by atoms with van der Waals surface area (Å²) in [7, 11) is 1.17. The Hall–Kier alpha value is -1.98. The summed E-state index contributed by atoms with van der Waals surface area (Å²) in [6.07, 6.45) is -0.309. The van der Waals surface area contributed by atoms with Gasteiger partial charge in [-0.3, -0.25) is 14.9 Å². The fourth-order valence-corrected chi connectivity index (χ4v) is 1.35. The van der Waals surface area contributed by atoms with Crippen molar-refractivity contribution in [2.24, 2.45) is 0 Å². The first-order chi connectivity index (χ1) is 7.47. The van der Waals surface area contributed by atoms with E-state index >= 15 is 0 Å². The molecule has 0 saturated heterocycles. The van der Waals surface area contributed by atoms with E-state index in [1.807, 2.05) is 0 Å². The second-order valence-electron chi connectivity index (χ2n) is 3.20. The van der Waals surface area contributed by atoms with Crippen molar-refractivity contribution in [3.05, 3.63) is 39.2 Å². The largest absolute Gasteiger partial charge is 0.469 e. The van der Waals surface area contributed by atoms with Crippen LogP contribution in [0.1, 0.15) is 11.1 Å². The summed E-state index contributed by atoms with van der Waals surface area (Å²) in [5.74, 6) is -1.59. The molecule has 1 aromatic carbocycles. The van der Waals surface area contributed by atoms with Gasteiger partial charge >= 0.3 is 11.7 Å². The molecule has 0 aliphatic heterocycles. The van der Waals surface area contributed by atoms with Crippen LogP contribution in [0, 0.1) is 22.9 Å². The second kappa shape index (κ2) is 4.69. The van der Waals surface area contributed by atoms with Gasteiger partial charge in [0.1, 0.15) is 0 Å². The summed E-state index contributed by atoms with van der Waals surface area (Å²) in [6, 6.07) is 2.40. The lowest BCUT2D eigenvalue weighted by Gasteiger charge is -2.06. The van der Waals surface area contributed by atoms with Crippen LogP contribution in [0.25, 0.3) is 0 Å². The maximum absolute atomic E-state index is 13.2. The molecule has 0 radical (unpaired) electrons. The number of halogens is 1. The van der Waals surface area contributed by atoms with Crippen LogP contribution in [0.3, 0.4) is 0 Å². The number of nitro benzene ring substituents is 1. The smallest absolute Gasteiger partial charge is 0.310 e. The Morgan fingerprint density at radius 1 is 1.56 bits per heavy atom. The lowest BCUT2D eigenvalue weighted by Crippen LogP contribution is -2.09. The van der Waals surface area contributed by atoms with Crippen LogP contribution in [0.5, 0.6) is 0 Å². The topological polar surface area (TPSA) is 69.4 Å². The van der Waals surface area contributed by atoms with Crippen molar-refractivity contribution in [1.29, 1.82) is 0 Å². The Kier molecular flexibility index (Phi) is 3.55. The minimum Gasteiger partial charge on any atom is -0.469 e. The van der Waals surface area contributed by atoms with E-state index in [2.05, 4.69) is 4.74 Å². The third kappa shape index (κ3) is 2.33. The molecule has 16 heavy (non-hydrogen) atoms. The Morgan fingerprint density at radius 3 is 2.69 bits per heavy atom.